The second-order valence-corrected chi connectivity index (χ2v) is 10.0. The van der Waals surface area contributed by atoms with Crippen LogP contribution < -0.4 is 9.47 Å². The van der Waals surface area contributed by atoms with Crippen molar-refractivity contribution in [3.05, 3.63) is 94.3 Å². The number of ether oxygens (including phenoxy) is 2. The number of aliphatic hydroxyl groups is 1. The van der Waals surface area contributed by atoms with Gasteiger partial charge >= 0.3 is 5.78 Å². The summed E-state index contributed by atoms with van der Waals surface area (Å²) in [4.78, 5) is 10.6. The monoisotopic (exact) mass is 515 g/mol. The second kappa shape index (κ2) is 8.48. The van der Waals surface area contributed by atoms with E-state index in [1.54, 1.807) is 42.5 Å². The van der Waals surface area contributed by atoms with Crippen molar-refractivity contribution in [2.24, 2.45) is 5.92 Å². The molecule has 0 spiro atoms. The predicted molar refractivity (Wildman–Crippen MR) is 139 cm³/mol. The van der Waals surface area contributed by atoms with E-state index in [9.17, 15) is 30.3 Å². The molecule has 0 aliphatic heterocycles. The summed E-state index contributed by atoms with van der Waals surface area (Å²) in [5.41, 5.74) is 3.59. The SMILES string of the molecule is COc1cc(C2C3C(O)=CC(=[OH+])C=C3C3c4c(O)cc(O)cc4C2C3c2ccc(O)c(OC)c2)ccc1O. The minimum atomic E-state index is -0.556. The maximum Gasteiger partial charge on any atom is 0.343 e. The zero-order valence-electron chi connectivity index (χ0n) is 20.7. The molecule has 3 aromatic rings. The van der Waals surface area contributed by atoms with E-state index in [1.807, 2.05) is 0 Å². The van der Waals surface area contributed by atoms with Gasteiger partial charge in [0.1, 0.15) is 17.3 Å². The number of fused-ring (bicyclic) bond motifs is 7. The molecule has 38 heavy (non-hydrogen) atoms. The largest absolute Gasteiger partial charge is 0.511 e. The lowest BCUT2D eigenvalue weighted by Gasteiger charge is -2.45. The third-order valence-electron chi connectivity index (χ3n) is 8.16. The van der Waals surface area contributed by atoms with Crippen LogP contribution in [0.25, 0.3) is 0 Å². The molecule has 5 unspecified atom stereocenters. The third kappa shape index (κ3) is 3.33. The van der Waals surface area contributed by atoms with Crippen LogP contribution in [0.2, 0.25) is 0 Å². The van der Waals surface area contributed by atoms with Crippen LogP contribution in [0.15, 0.2) is 72.0 Å². The molecule has 1 saturated carbocycles. The van der Waals surface area contributed by atoms with Crippen LogP contribution in [-0.2, 0) is 0 Å². The fourth-order valence-electron chi connectivity index (χ4n) is 6.83. The molecule has 8 heteroatoms. The van der Waals surface area contributed by atoms with E-state index in [4.69, 9.17) is 9.47 Å². The van der Waals surface area contributed by atoms with Crippen LogP contribution in [-0.4, -0.2) is 50.3 Å². The number of benzene rings is 3. The van der Waals surface area contributed by atoms with Crippen molar-refractivity contribution >= 4 is 5.78 Å². The quantitative estimate of drug-likeness (QED) is 0.313. The number of hydrogen-bond acceptors (Lipinski definition) is 7. The van der Waals surface area contributed by atoms with Gasteiger partial charge in [-0.05, 0) is 52.6 Å². The standard InChI is InChI=1S/C30H26O8/c1-37-23-7-13(3-5-19(23)33)25-27-17(9-15(31)11-21(27)35)30-26(14-4-6-20(34)24(8-14)38-2)29(25)18-10-16(32)12-22(36)28(18)30/h3-12,25-27,29-30,32-36H,1-2H3/p+1. The molecule has 1 fully saturated rings. The summed E-state index contributed by atoms with van der Waals surface area (Å²) in [6.45, 7) is 0. The number of allylic oxidation sites excluding steroid dienone is 3. The van der Waals surface area contributed by atoms with Gasteiger partial charge in [0.25, 0.3) is 0 Å². The Balaban J connectivity index is 1.68. The van der Waals surface area contributed by atoms with Crippen LogP contribution >= 0.6 is 0 Å². The Bertz CT molecular complexity index is 1550. The zero-order chi connectivity index (χ0) is 26.9. The molecule has 0 radical (unpaired) electrons. The smallest absolute Gasteiger partial charge is 0.343 e. The molecule has 6 rings (SSSR count). The summed E-state index contributed by atoms with van der Waals surface area (Å²) in [7, 11) is 2.92. The van der Waals surface area contributed by atoms with Crippen molar-refractivity contribution in [1.82, 2.24) is 0 Å². The third-order valence-corrected chi connectivity index (χ3v) is 8.16. The van der Waals surface area contributed by atoms with Crippen molar-refractivity contribution in [2.75, 3.05) is 14.2 Å². The Kier molecular flexibility index (Phi) is 5.31. The topological polar surface area (TPSA) is 141 Å². The first-order valence-electron chi connectivity index (χ1n) is 12.2. The number of aliphatic hydroxyl groups excluding tert-OH is 1. The summed E-state index contributed by atoms with van der Waals surface area (Å²) in [6, 6.07) is 13.0. The van der Waals surface area contributed by atoms with Crippen molar-refractivity contribution in [3.8, 4) is 34.5 Å². The number of phenols is 4. The summed E-state index contributed by atoms with van der Waals surface area (Å²) in [5.74, 6) is -1.94. The van der Waals surface area contributed by atoms with Crippen molar-refractivity contribution in [3.63, 3.8) is 0 Å². The molecular weight excluding hydrogens is 488 g/mol. The zero-order valence-corrected chi connectivity index (χ0v) is 20.7. The maximum atomic E-state index is 11.2. The van der Waals surface area contributed by atoms with E-state index < -0.39 is 17.8 Å². The van der Waals surface area contributed by atoms with Gasteiger partial charge in [-0.2, -0.15) is 0 Å². The van der Waals surface area contributed by atoms with E-state index in [0.29, 0.717) is 16.7 Å². The molecule has 194 valence electrons. The molecule has 3 aromatic carbocycles. The van der Waals surface area contributed by atoms with Crippen LogP contribution in [0.1, 0.15) is 45.9 Å². The minimum Gasteiger partial charge on any atom is -0.511 e. The Labute approximate surface area is 218 Å². The summed E-state index contributed by atoms with van der Waals surface area (Å²) < 4.78 is 10.8. The average molecular weight is 516 g/mol. The normalized spacial score (nSPS) is 25.2. The molecule has 2 bridgehead atoms. The number of methoxy groups -OCH3 is 2. The van der Waals surface area contributed by atoms with Crippen molar-refractivity contribution < 1.29 is 39.8 Å². The number of aromatic hydroxyl groups is 4. The highest BCUT2D eigenvalue weighted by Crippen LogP contribution is 2.70. The van der Waals surface area contributed by atoms with Gasteiger partial charge in [0, 0.05) is 47.3 Å². The van der Waals surface area contributed by atoms with Gasteiger partial charge < -0.3 is 35.0 Å². The second-order valence-electron chi connectivity index (χ2n) is 10.0. The lowest BCUT2D eigenvalue weighted by atomic mass is 9.57. The number of phenolic OH excluding ortho intramolecular Hbond substituents is 4. The Hall–Kier alpha value is -4.59. The van der Waals surface area contributed by atoms with E-state index in [-0.39, 0.29) is 57.9 Å². The highest BCUT2D eigenvalue weighted by atomic mass is 16.5. The summed E-state index contributed by atoms with van der Waals surface area (Å²) in [5, 5.41) is 53.4. The Morgan fingerprint density at radius 2 is 1.24 bits per heavy atom. The first-order chi connectivity index (χ1) is 18.2. The lowest BCUT2D eigenvalue weighted by Crippen LogP contribution is -2.35. The van der Waals surface area contributed by atoms with E-state index in [0.717, 1.165) is 11.1 Å². The Morgan fingerprint density at radius 1 is 0.658 bits per heavy atom. The summed E-state index contributed by atoms with van der Waals surface area (Å²) >= 11 is 0. The highest BCUT2D eigenvalue weighted by molar-refractivity contribution is 6.02. The van der Waals surface area contributed by atoms with Gasteiger partial charge in [0.05, 0.1) is 20.3 Å². The maximum absolute atomic E-state index is 11.2. The molecule has 0 aromatic heterocycles. The van der Waals surface area contributed by atoms with Crippen molar-refractivity contribution in [2.45, 2.75) is 23.7 Å². The average Bonchev–Trinajstić information content (AvgIpc) is 3.15. The molecule has 0 heterocycles. The Morgan fingerprint density at radius 3 is 1.82 bits per heavy atom. The first kappa shape index (κ1) is 23.8. The molecule has 6 N–H and O–H groups in total. The molecule has 0 saturated heterocycles. The van der Waals surface area contributed by atoms with Crippen LogP contribution in [0.3, 0.4) is 0 Å². The minimum absolute atomic E-state index is 0.0152. The van der Waals surface area contributed by atoms with Crippen LogP contribution in [0.5, 0.6) is 34.5 Å². The van der Waals surface area contributed by atoms with E-state index in [1.165, 1.54) is 32.4 Å². The summed E-state index contributed by atoms with van der Waals surface area (Å²) in [6.07, 6.45) is 2.95. The van der Waals surface area contributed by atoms with Gasteiger partial charge in [-0.3, -0.25) is 4.79 Å². The van der Waals surface area contributed by atoms with Gasteiger partial charge in [-0.15, -0.1) is 0 Å². The van der Waals surface area contributed by atoms with Crippen LogP contribution in [0, 0.1) is 5.92 Å². The lowest BCUT2D eigenvalue weighted by molar-refractivity contribution is 0.256. The molecular formula is C30H27O8+. The predicted octanol–water partition coefficient (Wildman–Crippen LogP) is 4.83. The fraction of sp³-hybridized carbons (Fsp3) is 0.233. The number of carbonyl (C=O) groups excluding carboxylic acids is 1. The molecule has 3 aliphatic rings. The van der Waals surface area contributed by atoms with E-state index in [2.05, 4.69) is 0 Å². The van der Waals surface area contributed by atoms with Gasteiger partial charge in [-0.1, -0.05) is 12.1 Å². The van der Waals surface area contributed by atoms with Crippen LogP contribution in [0.4, 0.5) is 0 Å². The van der Waals surface area contributed by atoms with Crippen molar-refractivity contribution in [1.29, 1.82) is 0 Å². The van der Waals surface area contributed by atoms with Gasteiger partial charge in [0.15, 0.2) is 23.0 Å². The number of hydrogen-bond donors (Lipinski definition) is 5. The number of ketones is 1. The molecule has 3 aliphatic carbocycles. The fourth-order valence-corrected chi connectivity index (χ4v) is 6.83. The van der Waals surface area contributed by atoms with Gasteiger partial charge in [-0.25, -0.2) is 0 Å². The molecule has 8 nitrogen and oxygen atoms in total. The van der Waals surface area contributed by atoms with Gasteiger partial charge in [0.2, 0.25) is 0 Å². The molecule has 5 atom stereocenters. The highest BCUT2D eigenvalue weighted by Gasteiger charge is 2.58. The number of rotatable bonds is 4. The first-order valence-corrected chi connectivity index (χ1v) is 12.2. The molecule has 0 amide bonds. The van der Waals surface area contributed by atoms with E-state index >= 15 is 0 Å².